The molecular formula is C13H17N3OS. The number of hydrogen-bond acceptors (Lipinski definition) is 5. The van der Waals surface area contributed by atoms with E-state index in [2.05, 4.69) is 22.9 Å². The Bertz CT molecular complexity index is 554. The summed E-state index contributed by atoms with van der Waals surface area (Å²) in [5.74, 6) is 0. The van der Waals surface area contributed by atoms with Crippen LogP contribution in [0.3, 0.4) is 0 Å². The van der Waals surface area contributed by atoms with Gasteiger partial charge in [0.15, 0.2) is 5.58 Å². The van der Waals surface area contributed by atoms with Gasteiger partial charge >= 0.3 is 0 Å². The van der Waals surface area contributed by atoms with Crippen LogP contribution in [0.5, 0.6) is 0 Å². The van der Waals surface area contributed by atoms with Gasteiger partial charge in [-0.1, -0.05) is 6.07 Å². The van der Waals surface area contributed by atoms with Gasteiger partial charge in [0.05, 0.1) is 5.69 Å². The number of benzene rings is 1. The molecule has 0 spiro atoms. The molecule has 2 heterocycles. The minimum absolute atomic E-state index is 0.530. The summed E-state index contributed by atoms with van der Waals surface area (Å²) < 4.78 is 5.58. The summed E-state index contributed by atoms with van der Waals surface area (Å²) in [5.41, 5.74) is 2.92. The summed E-state index contributed by atoms with van der Waals surface area (Å²) >= 11 is 1.05. The molecule has 1 saturated heterocycles. The van der Waals surface area contributed by atoms with Crippen molar-refractivity contribution in [1.29, 1.82) is 0 Å². The van der Waals surface area contributed by atoms with Gasteiger partial charge in [-0.2, -0.15) is 0 Å². The molecule has 0 amide bonds. The van der Waals surface area contributed by atoms with Crippen molar-refractivity contribution in [2.24, 2.45) is 5.14 Å². The third-order valence-electron chi connectivity index (χ3n) is 3.59. The van der Waals surface area contributed by atoms with Gasteiger partial charge in [-0.25, -0.2) is 4.98 Å². The first-order chi connectivity index (χ1) is 8.79. The Morgan fingerprint density at radius 1 is 1.44 bits per heavy atom. The van der Waals surface area contributed by atoms with E-state index in [1.807, 2.05) is 12.1 Å². The van der Waals surface area contributed by atoms with Crippen molar-refractivity contribution < 1.29 is 4.42 Å². The third-order valence-corrected chi connectivity index (χ3v) is 3.97. The van der Waals surface area contributed by atoms with Crippen LogP contribution in [-0.2, 0) is 0 Å². The summed E-state index contributed by atoms with van der Waals surface area (Å²) in [4.78, 5) is 6.90. The number of aromatic nitrogens is 1. The number of anilines is 1. The lowest BCUT2D eigenvalue weighted by molar-refractivity contribution is 0.485. The molecule has 1 unspecified atom stereocenters. The average molecular weight is 263 g/mol. The Labute approximate surface area is 111 Å². The monoisotopic (exact) mass is 263 g/mol. The van der Waals surface area contributed by atoms with E-state index in [0.29, 0.717) is 11.3 Å². The van der Waals surface area contributed by atoms with Crippen LogP contribution in [0, 0.1) is 0 Å². The summed E-state index contributed by atoms with van der Waals surface area (Å²) in [5, 5.41) is 6.05. The zero-order valence-corrected chi connectivity index (χ0v) is 11.2. The second kappa shape index (κ2) is 4.82. The number of fused-ring (bicyclic) bond motifs is 1. The zero-order chi connectivity index (χ0) is 12.5. The maximum Gasteiger partial charge on any atom is 0.272 e. The number of nitrogens with zero attached hydrogens (tertiary/aromatic N) is 2. The van der Waals surface area contributed by atoms with E-state index in [1.165, 1.54) is 24.9 Å². The van der Waals surface area contributed by atoms with E-state index >= 15 is 0 Å². The highest BCUT2D eigenvalue weighted by molar-refractivity contribution is 7.96. The van der Waals surface area contributed by atoms with Crippen LogP contribution < -0.4 is 10.0 Å². The average Bonchev–Trinajstić information content (AvgIpc) is 2.82. The molecule has 18 heavy (non-hydrogen) atoms. The smallest absolute Gasteiger partial charge is 0.272 e. The maximum atomic E-state index is 5.58. The summed E-state index contributed by atoms with van der Waals surface area (Å²) in [7, 11) is 0. The molecule has 2 N–H and O–H groups in total. The maximum absolute atomic E-state index is 5.58. The van der Waals surface area contributed by atoms with Crippen molar-refractivity contribution in [1.82, 2.24) is 4.98 Å². The van der Waals surface area contributed by atoms with Crippen LogP contribution in [-0.4, -0.2) is 17.6 Å². The van der Waals surface area contributed by atoms with Gasteiger partial charge in [-0.05, 0) is 38.3 Å². The van der Waals surface area contributed by atoms with E-state index in [-0.39, 0.29) is 0 Å². The van der Waals surface area contributed by atoms with Crippen LogP contribution in [0.15, 0.2) is 27.8 Å². The van der Waals surface area contributed by atoms with Gasteiger partial charge in [0.25, 0.3) is 5.22 Å². The minimum atomic E-state index is 0.530. The number of oxazole rings is 1. The topological polar surface area (TPSA) is 55.3 Å². The molecule has 1 aliphatic rings. The molecule has 0 aliphatic carbocycles. The lowest BCUT2D eigenvalue weighted by atomic mass is 10.0. The summed E-state index contributed by atoms with van der Waals surface area (Å²) in [6, 6.07) is 6.66. The van der Waals surface area contributed by atoms with Crippen LogP contribution in [0.25, 0.3) is 11.1 Å². The molecule has 1 fully saturated rings. The molecule has 2 aromatic rings. The molecule has 5 heteroatoms. The molecule has 4 nitrogen and oxygen atoms in total. The second-order valence-corrected chi connectivity index (χ2v) is 5.34. The molecule has 1 aromatic heterocycles. The lowest BCUT2D eigenvalue weighted by Gasteiger charge is -2.35. The molecule has 0 radical (unpaired) electrons. The lowest BCUT2D eigenvalue weighted by Crippen LogP contribution is -2.37. The van der Waals surface area contributed by atoms with Gasteiger partial charge in [-0.15, -0.1) is 0 Å². The fraction of sp³-hybridized carbons (Fsp3) is 0.462. The molecule has 1 aliphatic heterocycles. The van der Waals surface area contributed by atoms with Gasteiger partial charge < -0.3 is 9.32 Å². The molecule has 96 valence electrons. The standard InChI is InChI=1S/C13H17N3OS/c1-9-5-2-3-8-16(9)10-6-4-7-11-12(10)15-13(17-11)18-14/h4,6-7,9H,2-3,5,8,14H2,1H3. The Hall–Kier alpha value is -1.20. The van der Waals surface area contributed by atoms with E-state index in [0.717, 1.165) is 29.6 Å². The van der Waals surface area contributed by atoms with Gasteiger partial charge in [0.1, 0.15) is 5.52 Å². The number of para-hydroxylation sites is 1. The van der Waals surface area contributed by atoms with Crippen LogP contribution in [0.4, 0.5) is 5.69 Å². The Morgan fingerprint density at radius 3 is 3.11 bits per heavy atom. The highest BCUT2D eigenvalue weighted by Crippen LogP contribution is 2.32. The third kappa shape index (κ3) is 1.97. The quantitative estimate of drug-likeness (QED) is 0.843. The predicted molar refractivity (Wildman–Crippen MR) is 74.7 cm³/mol. The largest absolute Gasteiger partial charge is 0.430 e. The molecule has 1 aromatic carbocycles. The van der Waals surface area contributed by atoms with Crippen LogP contribution >= 0.6 is 11.9 Å². The van der Waals surface area contributed by atoms with E-state index in [1.54, 1.807) is 0 Å². The van der Waals surface area contributed by atoms with Crippen molar-refractivity contribution in [2.45, 2.75) is 37.5 Å². The fourth-order valence-electron chi connectivity index (χ4n) is 2.65. The van der Waals surface area contributed by atoms with Crippen LogP contribution in [0.2, 0.25) is 0 Å². The first-order valence-electron chi connectivity index (χ1n) is 6.32. The predicted octanol–water partition coefficient (Wildman–Crippen LogP) is 3.17. The van der Waals surface area contributed by atoms with E-state index in [4.69, 9.17) is 9.56 Å². The number of nitrogens with two attached hydrogens (primary N) is 1. The molecular weight excluding hydrogens is 246 g/mol. The van der Waals surface area contributed by atoms with Crippen molar-refractivity contribution >= 4 is 28.7 Å². The van der Waals surface area contributed by atoms with Crippen LogP contribution in [0.1, 0.15) is 26.2 Å². The molecule has 1 atom stereocenters. The molecule has 3 rings (SSSR count). The van der Waals surface area contributed by atoms with Crippen molar-refractivity contribution in [3.63, 3.8) is 0 Å². The highest BCUT2D eigenvalue weighted by Gasteiger charge is 2.22. The Morgan fingerprint density at radius 2 is 2.33 bits per heavy atom. The number of rotatable bonds is 2. The zero-order valence-electron chi connectivity index (χ0n) is 10.4. The van der Waals surface area contributed by atoms with Gasteiger partial charge in [-0.3, -0.25) is 5.14 Å². The first kappa shape index (κ1) is 11.9. The Balaban J connectivity index is 2.07. The van der Waals surface area contributed by atoms with E-state index in [9.17, 15) is 0 Å². The molecule has 0 bridgehead atoms. The fourth-order valence-corrected chi connectivity index (χ4v) is 2.93. The summed E-state index contributed by atoms with van der Waals surface area (Å²) in [6.45, 7) is 3.37. The highest BCUT2D eigenvalue weighted by atomic mass is 32.2. The van der Waals surface area contributed by atoms with Gasteiger partial charge in [0.2, 0.25) is 0 Å². The number of piperidine rings is 1. The van der Waals surface area contributed by atoms with Crippen molar-refractivity contribution in [3.8, 4) is 0 Å². The first-order valence-corrected chi connectivity index (χ1v) is 7.20. The normalized spacial score (nSPS) is 20.6. The van der Waals surface area contributed by atoms with Crippen molar-refractivity contribution in [2.75, 3.05) is 11.4 Å². The van der Waals surface area contributed by atoms with Crippen molar-refractivity contribution in [3.05, 3.63) is 18.2 Å². The minimum Gasteiger partial charge on any atom is -0.430 e. The van der Waals surface area contributed by atoms with E-state index < -0.39 is 0 Å². The SMILES string of the molecule is CC1CCCCN1c1cccc2oc(SN)nc12. The summed E-state index contributed by atoms with van der Waals surface area (Å²) in [6.07, 6.45) is 3.81. The molecule has 0 saturated carbocycles. The second-order valence-electron chi connectivity index (χ2n) is 4.76. The Kier molecular flexibility index (Phi) is 3.18. The number of hydrogen-bond donors (Lipinski definition) is 1. The van der Waals surface area contributed by atoms with Gasteiger partial charge in [0, 0.05) is 24.5 Å².